The predicted molar refractivity (Wildman–Crippen MR) is 59.1 cm³/mol. The monoisotopic (exact) mass is 221 g/mol. The number of phenolic OH excluding ortho intramolecular Hbond substituents is 1. The molecule has 3 rings (SSSR count). The third-order valence-electron chi connectivity index (χ3n) is 3.13. The normalized spacial score (nSPS) is 23.4. The summed E-state index contributed by atoms with van der Waals surface area (Å²) in [5.74, 6) is 1.68. The van der Waals surface area contributed by atoms with Crippen LogP contribution in [0.5, 0.6) is 17.2 Å². The van der Waals surface area contributed by atoms with Gasteiger partial charge in [-0.15, -0.1) is 0 Å². The molecule has 2 N–H and O–H groups in total. The van der Waals surface area contributed by atoms with Crippen molar-refractivity contribution in [2.24, 2.45) is 0 Å². The standard InChI is InChI=1S/C12H15NO3/c14-10-7-12-11(15-4-5-16-12)6-8(10)9-2-1-3-13-9/h6-7,9,13-14H,1-5H2. The summed E-state index contributed by atoms with van der Waals surface area (Å²) in [6.07, 6.45) is 2.21. The fourth-order valence-electron chi connectivity index (χ4n) is 2.32. The molecular weight excluding hydrogens is 206 g/mol. The van der Waals surface area contributed by atoms with Crippen molar-refractivity contribution in [1.82, 2.24) is 5.32 Å². The molecule has 2 heterocycles. The Balaban J connectivity index is 1.98. The fraction of sp³-hybridized carbons (Fsp3) is 0.500. The number of ether oxygens (including phenoxy) is 2. The van der Waals surface area contributed by atoms with Gasteiger partial charge in [0.1, 0.15) is 19.0 Å². The summed E-state index contributed by atoms with van der Waals surface area (Å²) in [5, 5.41) is 13.3. The van der Waals surface area contributed by atoms with Gasteiger partial charge in [0.05, 0.1) is 0 Å². The van der Waals surface area contributed by atoms with Crippen LogP contribution in [0.4, 0.5) is 0 Å². The highest BCUT2D eigenvalue weighted by atomic mass is 16.6. The Morgan fingerprint density at radius 3 is 2.62 bits per heavy atom. The largest absolute Gasteiger partial charge is 0.507 e. The zero-order chi connectivity index (χ0) is 11.0. The van der Waals surface area contributed by atoms with E-state index in [1.807, 2.05) is 6.07 Å². The van der Waals surface area contributed by atoms with Gasteiger partial charge in [-0.05, 0) is 25.5 Å². The van der Waals surface area contributed by atoms with E-state index in [2.05, 4.69) is 5.32 Å². The molecule has 4 nitrogen and oxygen atoms in total. The highest BCUT2D eigenvalue weighted by molar-refractivity contribution is 5.51. The Morgan fingerprint density at radius 1 is 1.19 bits per heavy atom. The first-order valence-electron chi connectivity index (χ1n) is 5.70. The van der Waals surface area contributed by atoms with Gasteiger partial charge in [0.25, 0.3) is 0 Å². The highest BCUT2D eigenvalue weighted by Crippen LogP contribution is 2.40. The number of rotatable bonds is 1. The van der Waals surface area contributed by atoms with Crippen LogP contribution in [0.15, 0.2) is 12.1 Å². The average molecular weight is 221 g/mol. The van der Waals surface area contributed by atoms with E-state index in [0.29, 0.717) is 24.7 Å². The number of phenols is 1. The molecule has 86 valence electrons. The Labute approximate surface area is 94.2 Å². The van der Waals surface area contributed by atoms with E-state index in [1.54, 1.807) is 6.07 Å². The molecule has 4 heteroatoms. The van der Waals surface area contributed by atoms with Gasteiger partial charge in [-0.25, -0.2) is 0 Å². The zero-order valence-corrected chi connectivity index (χ0v) is 9.03. The minimum atomic E-state index is 0.246. The zero-order valence-electron chi connectivity index (χ0n) is 9.03. The Bertz CT molecular complexity index is 399. The van der Waals surface area contributed by atoms with E-state index in [4.69, 9.17) is 9.47 Å². The van der Waals surface area contributed by atoms with Crippen molar-refractivity contribution >= 4 is 0 Å². The van der Waals surface area contributed by atoms with E-state index >= 15 is 0 Å². The minimum absolute atomic E-state index is 0.246. The Morgan fingerprint density at radius 2 is 1.94 bits per heavy atom. The lowest BCUT2D eigenvalue weighted by molar-refractivity contribution is 0.170. The van der Waals surface area contributed by atoms with Crippen LogP contribution in [0.25, 0.3) is 0 Å². The minimum Gasteiger partial charge on any atom is -0.507 e. The van der Waals surface area contributed by atoms with Gasteiger partial charge >= 0.3 is 0 Å². The number of hydrogen-bond donors (Lipinski definition) is 2. The van der Waals surface area contributed by atoms with Crippen molar-refractivity contribution in [3.8, 4) is 17.2 Å². The second-order valence-electron chi connectivity index (χ2n) is 4.20. The molecule has 2 aliphatic heterocycles. The maximum Gasteiger partial charge on any atom is 0.165 e. The molecular formula is C12H15NO3. The number of benzene rings is 1. The molecule has 1 atom stereocenters. The lowest BCUT2D eigenvalue weighted by Gasteiger charge is -2.21. The molecule has 0 radical (unpaired) electrons. The quantitative estimate of drug-likeness (QED) is 0.756. The van der Waals surface area contributed by atoms with Crippen LogP contribution in [0.1, 0.15) is 24.4 Å². The first-order chi connectivity index (χ1) is 7.84. The third kappa shape index (κ3) is 1.59. The number of fused-ring (bicyclic) bond motifs is 1. The summed E-state index contributed by atoms with van der Waals surface area (Å²) in [6, 6.07) is 3.80. The molecule has 1 aromatic rings. The Kier molecular flexibility index (Phi) is 2.36. The van der Waals surface area contributed by atoms with Crippen molar-refractivity contribution in [2.45, 2.75) is 18.9 Å². The third-order valence-corrected chi connectivity index (χ3v) is 3.13. The molecule has 0 bridgehead atoms. The van der Waals surface area contributed by atoms with Crippen LogP contribution in [-0.4, -0.2) is 24.9 Å². The summed E-state index contributed by atoms with van der Waals surface area (Å²) in [5.41, 5.74) is 0.918. The molecule has 0 aliphatic carbocycles. The van der Waals surface area contributed by atoms with Gasteiger partial charge in [-0.3, -0.25) is 0 Å². The van der Waals surface area contributed by atoms with Crippen LogP contribution in [0.2, 0.25) is 0 Å². The summed E-state index contributed by atoms with van der Waals surface area (Å²) in [4.78, 5) is 0. The maximum atomic E-state index is 9.95. The summed E-state index contributed by atoms with van der Waals surface area (Å²) < 4.78 is 10.9. The second-order valence-corrected chi connectivity index (χ2v) is 4.20. The molecule has 1 unspecified atom stereocenters. The SMILES string of the molecule is Oc1cc2c(cc1C1CCCN1)OCCO2. The topological polar surface area (TPSA) is 50.7 Å². The van der Waals surface area contributed by atoms with E-state index in [9.17, 15) is 5.11 Å². The molecule has 2 aliphatic rings. The fourth-order valence-corrected chi connectivity index (χ4v) is 2.32. The second kappa shape index (κ2) is 3.87. The average Bonchev–Trinajstić information content (AvgIpc) is 2.81. The van der Waals surface area contributed by atoms with Crippen LogP contribution in [-0.2, 0) is 0 Å². The van der Waals surface area contributed by atoms with Gasteiger partial charge in [-0.2, -0.15) is 0 Å². The molecule has 0 aromatic heterocycles. The summed E-state index contributed by atoms with van der Waals surface area (Å²) in [7, 11) is 0. The van der Waals surface area contributed by atoms with Gasteiger partial charge in [0, 0.05) is 17.7 Å². The first-order valence-corrected chi connectivity index (χ1v) is 5.70. The number of hydrogen-bond acceptors (Lipinski definition) is 4. The Hall–Kier alpha value is -1.42. The van der Waals surface area contributed by atoms with Gasteiger partial charge < -0.3 is 19.9 Å². The molecule has 0 saturated carbocycles. The van der Waals surface area contributed by atoms with E-state index in [1.165, 1.54) is 0 Å². The van der Waals surface area contributed by atoms with Gasteiger partial charge in [0.15, 0.2) is 11.5 Å². The van der Waals surface area contributed by atoms with Crippen molar-refractivity contribution in [2.75, 3.05) is 19.8 Å². The molecule has 1 fully saturated rings. The van der Waals surface area contributed by atoms with Crippen LogP contribution in [0, 0.1) is 0 Å². The smallest absolute Gasteiger partial charge is 0.165 e. The van der Waals surface area contributed by atoms with Gasteiger partial charge in [0.2, 0.25) is 0 Å². The first kappa shape index (κ1) is 9.78. The maximum absolute atomic E-state index is 9.95. The highest BCUT2D eigenvalue weighted by Gasteiger charge is 2.23. The molecule has 0 amide bonds. The van der Waals surface area contributed by atoms with Gasteiger partial charge in [-0.1, -0.05) is 0 Å². The summed E-state index contributed by atoms with van der Waals surface area (Å²) >= 11 is 0. The number of nitrogens with one attached hydrogen (secondary N) is 1. The van der Waals surface area contributed by atoms with Crippen LogP contribution in [0.3, 0.4) is 0 Å². The van der Waals surface area contributed by atoms with E-state index < -0.39 is 0 Å². The molecule has 1 aromatic carbocycles. The molecule has 0 spiro atoms. The van der Waals surface area contributed by atoms with Crippen LogP contribution >= 0.6 is 0 Å². The van der Waals surface area contributed by atoms with E-state index in [-0.39, 0.29) is 6.04 Å². The molecule has 16 heavy (non-hydrogen) atoms. The van der Waals surface area contributed by atoms with Crippen LogP contribution < -0.4 is 14.8 Å². The molecule has 1 saturated heterocycles. The van der Waals surface area contributed by atoms with Crippen molar-refractivity contribution in [3.05, 3.63) is 17.7 Å². The number of aromatic hydroxyl groups is 1. The van der Waals surface area contributed by atoms with Crippen molar-refractivity contribution < 1.29 is 14.6 Å². The summed E-state index contributed by atoms with van der Waals surface area (Å²) in [6.45, 7) is 2.14. The van der Waals surface area contributed by atoms with Crippen molar-refractivity contribution in [1.29, 1.82) is 0 Å². The predicted octanol–water partition coefficient (Wildman–Crippen LogP) is 1.59. The lowest BCUT2D eigenvalue weighted by atomic mass is 10.0. The lowest BCUT2D eigenvalue weighted by Crippen LogP contribution is -2.17. The van der Waals surface area contributed by atoms with E-state index in [0.717, 1.165) is 30.7 Å². The van der Waals surface area contributed by atoms with Crippen molar-refractivity contribution in [3.63, 3.8) is 0 Å².